The van der Waals surface area contributed by atoms with E-state index in [-0.39, 0.29) is 0 Å². The second kappa shape index (κ2) is 12.5. The fourth-order valence-electron chi connectivity index (χ4n) is 4.74. The van der Waals surface area contributed by atoms with Crippen molar-refractivity contribution in [1.29, 1.82) is 0 Å². The molecule has 5 nitrogen and oxygen atoms in total. The number of hydrogen-bond donors (Lipinski definition) is 0. The second-order valence-corrected chi connectivity index (χ2v) is 9.89. The van der Waals surface area contributed by atoms with Crippen LogP contribution in [0.25, 0.3) is 0 Å². The lowest BCUT2D eigenvalue weighted by Crippen LogP contribution is -2.44. The first-order valence-electron chi connectivity index (χ1n) is 12.8. The number of piperazine rings is 2. The first-order valence-corrected chi connectivity index (χ1v) is 12.8. The van der Waals surface area contributed by atoms with Crippen molar-refractivity contribution in [2.24, 2.45) is 0 Å². The van der Waals surface area contributed by atoms with E-state index in [2.05, 4.69) is 82.2 Å². The van der Waals surface area contributed by atoms with E-state index in [1.165, 1.54) is 89.4 Å². The van der Waals surface area contributed by atoms with Crippen molar-refractivity contribution in [3.05, 3.63) is 59.7 Å². The Morgan fingerprint density at radius 3 is 1.27 bits per heavy atom. The number of aryl methyl sites for hydroxylation is 2. The molecule has 33 heavy (non-hydrogen) atoms. The Hall–Kier alpha value is -1.92. The van der Waals surface area contributed by atoms with Crippen molar-refractivity contribution < 1.29 is 4.74 Å². The smallest absolute Gasteiger partial charge is 0.127 e. The van der Waals surface area contributed by atoms with Gasteiger partial charge in [-0.15, -0.1) is 0 Å². The summed E-state index contributed by atoms with van der Waals surface area (Å²) in [6, 6.07) is 17.3. The largest absolute Gasteiger partial charge is 0.457 e. The summed E-state index contributed by atoms with van der Waals surface area (Å²) in [4.78, 5) is 10.0. The fourth-order valence-corrected chi connectivity index (χ4v) is 4.74. The van der Waals surface area contributed by atoms with E-state index >= 15 is 0 Å². The molecule has 0 bridgehead atoms. The maximum absolute atomic E-state index is 6.08. The number of nitrogens with zero attached hydrogens (tertiary/aromatic N) is 4. The minimum absolute atomic E-state index is 0.917. The zero-order valence-electron chi connectivity index (χ0n) is 20.7. The average molecular weight is 451 g/mol. The topological polar surface area (TPSA) is 22.2 Å². The van der Waals surface area contributed by atoms with Gasteiger partial charge in [0.05, 0.1) is 0 Å². The highest BCUT2D eigenvalue weighted by Crippen LogP contribution is 2.23. The average Bonchev–Trinajstić information content (AvgIpc) is 2.84. The van der Waals surface area contributed by atoms with E-state index < -0.39 is 0 Å². The molecule has 0 radical (unpaired) electrons. The summed E-state index contributed by atoms with van der Waals surface area (Å²) in [6.07, 6.45) is 4.71. The molecule has 0 unspecified atom stereocenters. The molecule has 180 valence electrons. The Labute approximate surface area is 200 Å². The molecule has 2 aliphatic heterocycles. The molecule has 0 spiro atoms. The van der Waals surface area contributed by atoms with E-state index in [4.69, 9.17) is 4.74 Å². The molecule has 0 N–H and O–H groups in total. The zero-order valence-corrected chi connectivity index (χ0v) is 20.7. The van der Waals surface area contributed by atoms with Gasteiger partial charge in [0.1, 0.15) is 11.5 Å². The number of rotatable bonds is 10. The van der Waals surface area contributed by atoms with Gasteiger partial charge in [-0.25, -0.2) is 0 Å². The number of ether oxygens (including phenoxy) is 1. The second-order valence-electron chi connectivity index (χ2n) is 9.89. The van der Waals surface area contributed by atoms with Crippen LogP contribution in [-0.2, 0) is 12.8 Å². The zero-order chi connectivity index (χ0) is 22.9. The number of likely N-dealkylation sites (N-methyl/N-ethyl adjacent to an activating group) is 2. The molecule has 2 aliphatic rings. The van der Waals surface area contributed by atoms with Crippen LogP contribution in [0.15, 0.2) is 48.5 Å². The lowest BCUT2D eigenvalue weighted by atomic mass is 10.1. The number of hydrogen-bond acceptors (Lipinski definition) is 5. The summed E-state index contributed by atoms with van der Waals surface area (Å²) in [5.41, 5.74) is 2.79. The van der Waals surface area contributed by atoms with Crippen molar-refractivity contribution in [3.8, 4) is 11.5 Å². The van der Waals surface area contributed by atoms with Crippen LogP contribution in [0.5, 0.6) is 11.5 Å². The number of benzene rings is 2. The van der Waals surface area contributed by atoms with E-state index in [1.54, 1.807) is 0 Å². The summed E-state index contributed by atoms with van der Waals surface area (Å²) in [7, 11) is 4.43. The van der Waals surface area contributed by atoms with Gasteiger partial charge in [-0.1, -0.05) is 24.3 Å². The molecule has 2 heterocycles. The van der Waals surface area contributed by atoms with Crippen molar-refractivity contribution in [3.63, 3.8) is 0 Å². The van der Waals surface area contributed by atoms with Gasteiger partial charge in [0, 0.05) is 52.4 Å². The van der Waals surface area contributed by atoms with E-state index in [9.17, 15) is 0 Å². The van der Waals surface area contributed by atoms with Crippen LogP contribution in [0.1, 0.15) is 24.0 Å². The Kier molecular flexibility index (Phi) is 9.18. The molecule has 2 saturated heterocycles. The molecule has 2 fully saturated rings. The molecule has 0 aliphatic carbocycles. The summed E-state index contributed by atoms with van der Waals surface area (Å²) in [5, 5.41) is 0. The molecular weight excluding hydrogens is 408 g/mol. The van der Waals surface area contributed by atoms with Crippen molar-refractivity contribution in [2.75, 3.05) is 79.5 Å². The van der Waals surface area contributed by atoms with Crippen LogP contribution in [0.4, 0.5) is 0 Å². The quantitative estimate of drug-likeness (QED) is 0.547. The standard InChI is InChI=1S/C28H42N4O/c1-29-17-21-31(22-18-29)15-3-5-25-7-11-27(12-8-25)33-28-13-9-26(10-14-28)6-4-16-32-23-19-30(2)20-24-32/h7-14H,3-6,15-24H2,1-2H3. The van der Waals surface area contributed by atoms with Crippen molar-refractivity contribution in [1.82, 2.24) is 19.6 Å². The Morgan fingerprint density at radius 2 is 0.909 bits per heavy atom. The maximum Gasteiger partial charge on any atom is 0.127 e. The fraction of sp³-hybridized carbons (Fsp3) is 0.571. The van der Waals surface area contributed by atoms with Crippen LogP contribution >= 0.6 is 0 Å². The van der Waals surface area contributed by atoms with E-state index in [1.807, 2.05) is 0 Å². The molecule has 0 aromatic heterocycles. The summed E-state index contributed by atoms with van der Waals surface area (Å²) < 4.78 is 6.08. The van der Waals surface area contributed by atoms with Crippen LogP contribution in [0, 0.1) is 0 Å². The van der Waals surface area contributed by atoms with Gasteiger partial charge in [0.2, 0.25) is 0 Å². The molecule has 2 aromatic carbocycles. The predicted molar refractivity (Wildman–Crippen MR) is 137 cm³/mol. The predicted octanol–water partition coefficient (Wildman–Crippen LogP) is 3.84. The van der Waals surface area contributed by atoms with Gasteiger partial charge in [-0.2, -0.15) is 0 Å². The Balaban J connectivity index is 1.14. The van der Waals surface area contributed by atoms with Crippen molar-refractivity contribution >= 4 is 0 Å². The van der Waals surface area contributed by atoms with Gasteiger partial charge in [-0.3, -0.25) is 0 Å². The lowest BCUT2D eigenvalue weighted by molar-refractivity contribution is 0.153. The van der Waals surface area contributed by atoms with E-state index in [0.717, 1.165) is 24.3 Å². The van der Waals surface area contributed by atoms with Crippen LogP contribution < -0.4 is 4.74 Å². The summed E-state index contributed by atoms with van der Waals surface area (Å²) in [6.45, 7) is 12.0. The summed E-state index contributed by atoms with van der Waals surface area (Å²) in [5.74, 6) is 1.83. The normalized spacial score (nSPS) is 19.1. The highest BCUT2D eigenvalue weighted by Gasteiger charge is 2.14. The molecule has 4 rings (SSSR count). The highest BCUT2D eigenvalue weighted by molar-refractivity contribution is 5.34. The van der Waals surface area contributed by atoms with Crippen LogP contribution in [-0.4, -0.2) is 99.1 Å². The third-order valence-corrected chi connectivity index (χ3v) is 7.15. The third kappa shape index (κ3) is 8.11. The molecular formula is C28H42N4O. The van der Waals surface area contributed by atoms with E-state index in [0.29, 0.717) is 0 Å². The third-order valence-electron chi connectivity index (χ3n) is 7.15. The maximum atomic E-state index is 6.08. The first-order chi connectivity index (χ1) is 16.1. The minimum atomic E-state index is 0.917. The van der Waals surface area contributed by atoms with Gasteiger partial charge in [0.25, 0.3) is 0 Å². The summed E-state index contributed by atoms with van der Waals surface area (Å²) >= 11 is 0. The van der Waals surface area contributed by atoms with Crippen LogP contribution in [0.3, 0.4) is 0 Å². The highest BCUT2D eigenvalue weighted by atomic mass is 16.5. The molecule has 2 aromatic rings. The SMILES string of the molecule is CN1CCN(CCCc2ccc(Oc3ccc(CCCN4CCN(C)CC4)cc3)cc2)CC1. The Bertz CT molecular complexity index is 737. The van der Waals surface area contributed by atoms with Gasteiger partial charge in [0.15, 0.2) is 0 Å². The van der Waals surface area contributed by atoms with Gasteiger partial charge < -0.3 is 24.3 Å². The minimum Gasteiger partial charge on any atom is -0.457 e. The van der Waals surface area contributed by atoms with Crippen LogP contribution in [0.2, 0.25) is 0 Å². The Morgan fingerprint density at radius 1 is 0.545 bits per heavy atom. The molecule has 0 amide bonds. The monoisotopic (exact) mass is 450 g/mol. The van der Waals surface area contributed by atoms with Crippen molar-refractivity contribution in [2.45, 2.75) is 25.7 Å². The first kappa shape index (κ1) is 24.2. The lowest BCUT2D eigenvalue weighted by Gasteiger charge is -2.32. The van der Waals surface area contributed by atoms with Gasteiger partial charge in [-0.05, 0) is 88.3 Å². The molecule has 5 heteroatoms. The van der Waals surface area contributed by atoms with Gasteiger partial charge >= 0.3 is 0 Å². The molecule has 0 atom stereocenters. The molecule has 0 saturated carbocycles.